The molecular formula is C23H31CuN5O6S+2. The van der Waals surface area contributed by atoms with Crippen LogP contribution in [-0.2, 0) is 36.9 Å². The van der Waals surface area contributed by atoms with E-state index in [1.54, 1.807) is 40.7 Å². The maximum Gasteiger partial charge on any atom is 2.00 e. The minimum atomic E-state index is -4.36. The van der Waals surface area contributed by atoms with E-state index in [-0.39, 0.29) is 64.9 Å². The van der Waals surface area contributed by atoms with Crippen LogP contribution < -0.4 is 5.43 Å². The van der Waals surface area contributed by atoms with E-state index in [2.05, 4.69) is 10.5 Å². The molecule has 4 amide bonds. The Labute approximate surface area is 221 Å². The summed E-state index contributed by atoms with van der Waals surface area (Å²) in [7, 11) is -4.36. The molecule has 1 aromatic carbocycles. The van der Waals surface area contributed by atoms with Crippen molar-refractivity contribution in [2.45, 2.75) is 54.0 Å². The van der Waals surface area contributed by atoms with E-state index in [4.69, 9.17) is 0 Å². The van der Waals surface area contributed by atoms with Crippen molar-refractivity contribution in [3.05, 3.63) is 29.3 Å². The van der Waals surface area contributed by atoms with Gasteiger partial charge in [0, 0.05) is 19.1 Å². The van der Waals surface area contributed by atoms with Crippen molar-refractivity contribution in [3.63, 3.8) is 0 Å². The molecule has 13 heteroatoms. The molecule has 0 aromatic heterocycles. The van der Waals surface area contributed by atoms with Crippen molar-refractivity contribution in [2.75, 3.05) is 18.5 Å². The zero-order valence-electron chi connectivity index (χ0n) is 21.0. The number of nitrogens with one attached hydrogen (secondary N) is 1. The number of hydrazone groups is 1. The number of hydrogen-bond donors (Lipinski definition) is 1. The molecule has 199 valence electrons. The Bertz CT molecular complexity index is 1180. The number of fused-ring (bicyclic) bond motifs is 1. The second-order valence-electron chi connectivity index (χ2n) is 9.51. The van der Waals surface area contributed by atoms with Crippen LogP contribution in [0.1, 0.15) is 68.7 Å². The summed E-state index contributed by atoms with van der Waals surface area (Å²) in [6.45, 7) is 10.4. The molecule has 0 saturated carbocycles. The standard InChI is InChI=1S/C23H31N5O6S.Cu/c1-7-15(6)28-20(29)16-9-8-10-17(18(16)21(28)30)24-25-19-22(31)26(11-13(2)3)35(33,34)27(23(19)32)12-14(4)5;/h8-10,13-15,24H,7,11-12H2,1-6H3;/q;+2. The van der Waals surface area contributed by atoms with Crippen LogP contribution in [0.15, 0.2) is 23.3 Å². The zero-order chi connectivity index (χ0) is 26.2. The first-order chi connectivity index (χ1) is 16.3. The fourth-order valence-corrected chi connectivity index (χ4v) is 5.67. The van der Waals surface area contributed by atoms with E-state index in [1.165, 1.54) is 17.0 Å². The number of carbonyl (C=O) groups excluding carboxylic acids is 4. The molecule has 1 fully saturated rings. The average Bonchev–Trinajstić information content (AvgIpc) is 3.04. The number of carbonyl (C=O) groups is 4. The summed E-state index contributed by atoms with van der Waals surface area (Å²) in [6.07, 6.45) is 0.575. The average molecular weight is 569 g/mol. The van der Waals surface area contributed by atoms with E-state index >= 15 is 0 Å². The molecule has 1 saturated heterocycles. The molecule has 2 aliphatic rings. The summed E-state index contributed by atoms with van der Waals surface area (Å²) < 4.78 is 27.4. The number of benzene rings is 1. The third kappa shape index (κ3) is 5.18. The van der Waals surface area contributed by atoms with Gasteiger partial charge in [-0.2, -0.15) is 13.5 Å². The molecular weight excluding hydrogens is 538 g/mol. The molecule has 1 atom stereocenters. The summed E-state index contributed by atoms with van der Waals surface area (Å²) in [4.78, 5) is 53.1. The van der Waals surface area contributed by atoms with Gasteiger partial charge >= 0.3 is 27.3 Å². The van der Waals surface area contributed by atoms with Crippen LogP contribution in [0, 0.1) is 11.8 Å². The normalized spacial score (nSPS) is 18.1. The fourth-order valence-electron chi connectivity index (χ4n) is 3.86. The Morgan fingerprint density at radius 1 is 0.861 bits per heavy atom. The smallest absolute Gasteiger partial charge is 0.277 e. The molecule has 2 heterocycles. The molecule has 0 bridgehead atoms. The molecule has 1 radical (unpaired) electrons. The minimum Gasteiger partial charge on any atom is -0.277 e. The first-order valence-corrected chi connectivity index (χ1v) is 13.0. The van der Waals surface area contributed by atoms with Gasteiger partial charge in [0.25, 0.3) is 23.6 Å². The maximum atomic E-state index is 13.1. The fraction of sp³-hybridized carbons (Fsp3) is 0.522. The van der Waals surface area contributed by atoms with Crippen molar-refractivity contribution in [1.82, 2.24) is 13.5 Å². The SMILES string of the molecule is CCC(C)N1C(=O)c2cccc(NN=C3C(=O)N(CC(C)C)S(=O)(=O)N(CC(C)C)C3=O)c2C1=O.[Cu+2]. The largest absolute Gasteiger partial charge is 2.00 e. The Morgan fingerprint density at radius 2 is 1.39 bits per heavy atom. The monoisotopic (exact) mass is 568 g/mol. The van der Waals surface area contributed by atoms with Gasteiger partial charge in [-0.3, -0.25) is 29.5 Å². The first kappa shape index (κ1) is 29.5. The predicted molar refractivity (Wildman–Crippen MR) is 130 cm³/mol. The second-order valence-corrected chi connectivity index (χ2v) is 11.3. The summed E-state index contributed by atoms with van der Waals surface area (Å²) in [5.74, 6) is -3.42. The van der Waals surface area contributed by atoms with Gasteiger partial charge in [0.15, 0.2) is 0 Å². The molecule has 11 nitrogen and oxygen atoms in total. The van der Waals surface area contributed by atoms with Crippen LogP contribution in [0.3, 0.4) is 0 Å². The van der Waals surface area contributed by atoms with Crippen molar-refractivity contribution in [1.29, 1.82) is 0 Å². The van der Waals surface area contributed by atoms with E-state index in [0.717, 1.165) is 0 Å². The van der Waals surface area contributed by atoms with Gasteiger partial charge in [-0.1, -0.05) is 40.7 Å². The Hall–Kier alpha value is -2.76. The summed E-state index contributed by atoms with van der Waals surface area (Å²) in [6, 6.07) is 4.26. The predicted octanol–water partition coefficient (Wildman–Crippen LogP) is 2.07. The van der Waals surface area contributed by atoms with Crippen molar-refractivity contribution in [3.8, 4) is 0 Å². The van der Waals surface area contributed by atoms with Crippen molar-refractivity contribution in [2.24, 2.45) is 16.9 Å². The molecule has 0 spiro atoms. The topological polar surface area (TPSA) is 137 Å². The van der Waals surface area contributed by atoms with Gasteiger partial charge in [-0.25, -0.2) is 8.61 Å². The molecule has 1 unspecified atom stereocenters. The molecule has 1 N–H and O–H groups in total. The molecule has 0 aliphatic carbocycles. The second kappa shape index (κ2) is 11.1. The van der Waals surface area contributed by atoms with Crippen LogP contribution in [0.5, 0.6) is 0 Å². The Morgan fingerprint density at radius 3 is 1.86 bits per heavy atom. The van der Waals surface area contributed by atoms with Crippen molar-refractivity contribution < 1.29 is 44.7 Å². The van der Waals surface area contributed by atoms with Gasteiger partial charge in [-0.15, -0.1) is 0 Å². The summed E-state index contributed by atoms with van der Waals surface area (Å²) >= 11 is 0. The number of amides is 4. The van der Waals surface area contributed by atoms with E-state index in [1.807, 2.05) is 6.92 Å². The third-order valence-electron chi connectivity index (χ3n) is 5.74. The quantitative estimate of drug-likeness (QED) is 0.288. The van der Waals surface area contributed by atoms with Gasteiger partial charge in [0.05, 0.1) is 16.8 Å². The number of imide groups is 1. The summed E-state index contributed by atoms with van der Waals surface area (Å²) in [5.41, 5.74) is 2.37. The van der Waals surface area contributed by atoms with Gasteiger partial charge in [-0.05, 0) is 37.3 Å². The Balaban J connectivity index is 0.00000456. The Kier molecular flexibility index (Phi) is 9.09. The molecule has 2 aliphatic heterocycles. The van der Waals surface area contributed by atoms with Gasteiger partial charge in [0.2, 0.25) is 5.71 Å². The van der Waals surface area contributed by atoms with Crippen LogP contribution in [0.2, 0.25) is 0 Å². The number of nitrogens with zero attached hydrogens (tertiary/aromatic N) is 4. The first-order valence-electron chi connectivity index (χ1n) is 11.6. The van der Waals surface area contributed by atoms with Crippen LogP contribution in [0.25, 0.3) is 0 Å². The zero-order valence-corrected chi connectivity index (χ0v) is 22.8. The number of hydrogen-bond acceptors (Lipinski definition) is 8. The van der Waals surface area contributed by atoms with Gasteiger partial charge in [0.1, 0.15) is 0 Å². The van der Waals surface area contributed by atoms with Gasteiger partial charge < -0.3 is 0 Å². The number of anilines is 1. The van der Waals surface area contributed by atoms with E-state index in [9.17, 15) is 27.6 Å². The summed E-state index contributed by atoms with van der Waals surface area (Å²) in [5, 5.41) is 3.96. The van der Waals surface area contributed by atoms with E-state index < -0.39 is 39.5 Å². The van der Waals surface area contributed by atoms with Crippen LogP contribution in [0.4, 0.5) is 5.69 Å². The van der Waals surface area contributed by atoms with Crippen LogP contribution >= 0.6 is 0 Å². The van der Waals surface area contributed by atoms with E-state index in [0.29, 0.717) is 15.0 Å². The molecule has 36 heavy (non-hydrogen) atoms. The molecule has 3 rings (SSSR count). The third-order valence-corrected chi connectivity index (χ3v) is 7.49. The maximum absolute atomic E-state index is 13.1. The minimum absolute atomic E-state index is 0. The molecule has 1 aromatic rings. The van der Waals surface area contributed by atoms with Crippen LogP contribution in [-0.4, -0.2) is 70.4 Å². The number of rotatable bonds is 8. The van der Waals surface area contributed by atoms with Crippen molar-refractivity contribution >= 4 is 45.2 Å².